The molecule has 4 nitrogen and oxygen atoms in total. The van der Waals surface area contributed by atoms with E-state index in [0.29, 0.717) is 13.0 Å². The van der Waals surface area contributed by atoms with Crippen LogP contribution >= 0.6 is 0 Å². The van der Waals surface area contributed by atoms with E-state index in [1.807, 2.05) is 0 Å². The molecule has 1 aromatic rings. The van der Waals surface area contributed by atoms with Gasteiger partial charge in [-0.05, 0) is 37.3 Å². The summed E-state index contributed by atoms with van der Waals surface area (Å²) in [5.74, 6) is -0.0843. The van der Waals surface area contributed by atoms with Crippen molar-refractivity contribution in [3.8, 4) is 0 Å². The molecule has 0 amide bonds. The molecule has 0 atom stereocenters. The first-order valence-corrected chi connectivity index (χ1v) is 7.81. The summed E-state index contributed by atoms with van der Waals surface area (Å²) in [7, 11) is 0. The third kappa shape index (κ3) is 7.59. The predicted molar refractivity (Wildman–Crippen MR) is 82.3 cm³/mol. The van der Waals surface area contributed by atoms with E-state index in [9.17, 15) is 9.59 Å². The summed E-state index contributed by atoms with van der Waals surface area (Å²) >= 11 is 0. The van der Waals surface area contributed by atoms with Crippen molar-refractivity contribution in [3.63, 3.8) is 0 Å². The first-order chi connectivity index (χ1) is 10.3. The Morgan fingerprint density at radius 2 is 2.05 bits per heavy atom. The topological polar surface area (TPSA) is 56.3 Å². The van der Waals surface area contributed by atoms with Crippen LogP contribution in [0.25, 0.3) is 0 Å². The molecule has 0 spiro atoms. The van der Waals surface area contributed by atoms with Crippen LogP contribution < -0.4 is 0 Å². The van der Waals surface area contributed by atoms with E-state index in [-0.39, 0.29) is 5.97 Å². The summed E-state index contributed by atoms with van der Waals surface area (Å²) in [6.45, 7) is 2.62. The van der Waals surface area contributed by atoms with E-state index in [1.54, 1.807) is 18.5 Å². The molecule has 1 rings (SSSR count). The number of nitrogens with zero attached hydrogens (tertiary/aromatic N) is 1. The van der Waals surface area contributed by atoms with E-state index in [4.69, 9.17) is 4.74 Å². The Morgan fingerprint density at radius 3 is 2.81 bits per heavy atom. The van der Waals surface area contributed by atoms with Crippen LogP contribution in [-0.2, 0) is 16.0 Å². The number of hydrogen-bond donors (Lipinski definition) is 0. The Labute approximate surface area is 126 Å². The molecule has 0 N–H and O–H groups in total. The predicted octanol–water partition coefficient (Wildman–Crippen LogP) is 3.73. The van der Waals surface area contributed by atoms with Gasteiger partial charge in [-0.25, -0.2) is 0 Å². The van der Waals surface area contributed by atoms with Crippen LogP contribution in [-0.4, -0.2) is 23.8 Å². The second-order valence-corrected chi connectivity index (χ2v) is 5.18. The summed E-state index contributed by atoms with van der Waals surface area (Å²) in [6, 6.07) is 1.74. The van der Waals surface area contributed by atoms with Crippen molar-refractivity contribution in [1.82, 2.24) is 4.98 Å². The molecule has 116 valence electrons. The first kappa shape index (κ1) is 17.3. The molecule has 0 aliphatic heterocycles. The number of unbranched alkanes of at least 4 members (excludes halogenated alkanes) is 4. The van der Waals surface area contributed by atoms with Crippen molar-refractivity contribution in [2.75, 3.05) is 6.61 Å². The normalized spacial score (nSPS) is 10.3. The minimum atomic E-state index is -0.0843. The average molecular weight is 291 g/mol. The van der Waals surface area contributed by atoms with Gasteiger partial charge in [0.05, 0.1) is 6.61 Å². The number of hydrogen-bond acceptors (Lipinski definition) is 4. The number of ether oxygens (including phenoxy) is 1. The lowest BCUT2D eigenvalue weighted by atomic mass is 10.0. The lowest BCUT2D eigenvalue weighted by Crippen LogP contribution is -2.05. The van der Waals surface area contributed by atoms with Crippen LogP contribution in [0, 0.1) is 0 Å². The maximum absolute atomic E-state index is 11.4. The van der Waals surface area contributed by atoms with Crippen molar-refractivity contribution in [1.29, 1.82) is 0 Å². The van der Waals surface area contributed by atoms with E-state index < -0.39 is 0 Å². The molecule has 0 aromatic carbocycles. The summed E-state index contributed by atoms with van der Waals surface area (Å²) in [4.78, 5) is 26.3. The molecule has 21 heavy (non-hydrogen) atoms. The molecule has 1 heterocycles. The Hall–Kier alpha value is -1.71. The van der Waals surface area contributed by atoms with E-state index in [2.05, 4.69) is 11.9 Å². The van der Waals surface area contributed by atoms with Gasteiger partial charge in [0, 0.05) is 24.4 Å². The van der Waals surface area contributed by atoms with E-state index >= 15 is 0 Å². The van der Waals surface area contributed by atoms with E-state index in [1.165, 1.54) is 0 Å². The summed E-state index contributed by atoms with van der Waals surface area (Å²) < 4.78 is 5.10. The van der Waals surface area contributed by atoms with Crippen LogP contribution in [0.15, 0.2) is 18.5 Å². The van der Waals surface area contributed by atoms with Gasteiger partial charge in [0.1, 0.15) is 6.29 Å². The maximum atomic E-state index is 11.4. The van der Waals surface area contributed by atoms with Crippen LogP contribution in [0.4, 0.5) is 0 Å². The number of rotatable bonds is 11. The van der Waals surface area contributed by atoms with Gasteiger partial charge in [0.2, 0.25) is 0 Å². The molecule has 0 fully saturated rings. The number of carbonyl (C=O) groups excluding carboxylic acids is 2. The zero-order chi connectivity index (χ0) is 15.3. The summed E-state index contributed by atoms with van der Waals surface area (Å²) in [5, 5.41) is 0. The molecule has 0 radical (unpaired) electrons. The molecule has 0 aliphatic rings. The minimum Gasteiger partial charge on any atom is -0.466 e. The van der Waals surface area contributed by atoms with Crippen molar-refractivity contribution in [3.05, 3.63) is 29.6 Å². The fourth-order valence-corrected chi connectivity index (χ4v) is 2.10. The number of esters is 1. The van der Waals surface area contributed by atoms with Gasteiger partial charge >= 0.3 is 5.97 Å². The Morgan fingerprint density at radius 1 is 1.24 bits per heavy atom. The SMILES string of the molecule is CCCCOC(=O)CCCCCCc1cnccc1C=O. The van der Waals surface area contributed by atoms with Crippen LogP contribution in [0.3, 0.4) is 0 Å². The van der Waals surface area contributed by atoms with Gasteiger partial charge in [0.15, 0.2) is 0 Å². The molecule has 0 bridgehead atoms. The quantitative estimate of drug-likeness (QED) is 0.354. The summed E-state index contributed by atoms with van der Waals surface area (Å²) in [6.07, 6.45) is 11.6. The van der Waals surface area contributed by atoms with Crippen molar-refractivity contribution in [2.24, 2.45) is 0 Å². The van der Waals surface area contributed by atoms with Gasteiger partial charge < -0.3 is 4.74 Å². The Balaban J connectivity index is 2.07. The second kappa shape index (κ2) is 11.0. The molecule has 0 saturated heterocycles. The van der Waals surface area contributed by atoms with Gasteiger partial charge in [-0.3, -0.25) is 14.6 Å². The highest BCUT2D eigenvalue weighted by Crippen LogP contribution is 2.11. The molecule has 0 saturated carbocycles. The molecule has 0 aliphatic carbocycles. The third-order valence-electron chi connectivity index (χ3n) is 3.41. The van der Waals surface area contributed by atoms with Gasteiger partial charge in [0.25, 0.3) is 0 Å². The highest BCUT2D eigenvalue weighted by Gasteiger charge is 2.03. The van der Waals surface area contributed by atoms with Crippen molar-refractivity contribution >= 4 is 12.3 Å². The standard InChI is InChI=1S/C17H25NO3/c1-2-3-12-21-17(20)9-7-5-4-6-8-15-13-18-11-10-16(15)14-19/h10-11,13-14H,2-9,12H2,1H3. The first-order valence-electron chi connectivity index (χ1n) is 7.81. The Bertz CT molecular complexity index is 432. The van der Waals surface area contributed by atoms with E-state index in [0.717, 1.165) is 62.4 Å². The number of aldehydes is 1. The van der Waals surface area contributed by atoms with Gasteiger partial charge in [-0.15, -0.1) is 0 Å². The zero-order valence-corrected chi connectivity index (χ0v) is 12.8. The van der Waals surface area contributed by atoms with Gasteiger partial charge in [-0.2, -0.15) is 0 Å². The van der Waals surface area contributed by atoms with Crippen LogP contribution in [0.5, 0.6) is 0 Å². The highest BCUT2D eigenvalue weighted by atomic mass is 16.5. The number of carbonyl (C=O) groups is 2. The van der Waals surface area contributed by atoms with Crippen molar-refractivity contribution in [2.45, 2.75) is 58.3 Å². The fraction of sp³-hybridized carbons (Fsp3) is 0.588. The molecular formula is C17H25NO3. The zero-order valence-electron chi connectivity index (χ0n) is 12.8. The smallest absolute Gasteiger partial charge is 0.305 e. The number of pyridine rings is 1. The van der Waals surface area contributed by atoms with Gasteiger partial charge in [-0.1, -0.05) is 26.2 Å². The van der Waals surface area contributed by atoms with Crippen LogP contribution in [0.1, 0.15) is 67.8 Å². The molecular weight excluding hydrogens is 266 g/mol. The molecule has 1 aromatic heterocycles. The third-order valence-corrected chi connectivity index (χ3v) is 3.41. The van der Waals surface area contributed by atoms with Crippen molar-refractivity contribution < 1.29 is 14.3 Å². The monoisotopic (exact) mass is 291 g/mol. The number of aryl methyl sites for hydroxylation is 1. The molecule has 0 unspecified atom stereocenters. The number of aromatic nitrogens is 1. The highest BCUT2D eigenvalue weighted by molar-refractivity contribution is 5.76. The minimum absolute atomic E-state index is 0.0843. The average Bonchev–Trinajstić information content (AvgIpc) is 2.51. The lowest BCUT2D eigenvalue weighted by Gasteiger charge is -2.05. The fourth-order valence-electron chi connectivity index (χ4n) is 2.10. The molecule has 4 heteroatoms. The lowest BCUT2D eigenvalue weighted by molar-refractivity contribution is -0.143. The largest absolute Gasteiger partial charge is 0.466 e. The Kier molecular flexibility index (Phi) is 9.09. The van der Waals surface area contributed by atoms with Crippen LogP contribution in [0.2, 0.25) is 0 Å². The second-order valence-electron chi connectivity index (χ2n) is 5.18. The summed E-state index contributed by atoms with van der Waals surface area (Å²) in [5.41, 5.74) is 1.73. The maximum Gasteiger partial charge on any atom is 0.305 e.